The molecule has 1 fully saturated rings. The van der Waals surface area contributed by atoms with E-state index in [1.54, 1.807) is 0 Å². The van der Waals surface area contributed by atoms with Crippen molar-refractivity contribution in [1.29, 1.82) is 0 Å². The van der Waals surface area contributed by atoms with Crippen LogP contribution in [0.1, 0.15) is 24.0 Å². The SMILES string of the molecule is Cc1ccc(CCCC(N2CCNCCN(C(=O)O)CC2)N(CC(=O)O)CC(=O)O)cc1. The third-order valence-electron chi connectivity index (χ3n) is 5.63. The summed E-state index contributed by atoms with van der Waals surface area (Å²) in [6.07, 6.45) is 0.677. The smallest absolute Gasteiger partial charge is 0.407 e. The number of hydrogen-bond donors (Lipinski definition) is 4. The Morgan fingerprint density at radius 2 is 1.59 bits per heavy atom. The fourth-order valence-electron chi connectivity index (χ4n) is 3.98. The predicted molar refractivity (Wildman–Crippen MR) is 119 cm³/mol. The average Bonchev–Trinajstić information content (AvgIpc) is 2.83. The first-order chi connectivity index (χ1) is 15.3. The first-order valence-corrected chi connectivity index (χ1v) is 10.9. The van der Waals surface area contributed by atoms with Crippen molar-refractivity contribution in [1.82, 2.24) is 20.0 Å². The lowest BCUT2D eigenvalue weighted by Gasteiger charge is -2.39. The molecule has 0 radical (unpaired) electrons. The summed E-state index contributed by atoms with van der Waals surface area (Å²) in [4.78, 5) is 39.2. The van der Waals surface area contributed by atoms with E-state index in [0.717, 1.165) is 12.8 Å². The summed E-state index contributed by atoms with van der Waals surface area (Å²) in [5, 5.41) is 31.4. The highest BCUT2D eigenvalue weighted by atomic mass is 16.4. The molecule has 0 saturated carbocycles. The van der Waals surface area contributed by atoms with Crippen LogP contribution in [0.2, 0.25) is 0 Å². The fraction of sp³-hybridized carbons (Fsp3) is 0.591. The lowest BCUT2D eigenvalue weighted by molar-refractivity contribution is -0.145. The Morgan fingerprint density at radius 1 is 0.969 bits per heavy atom. The maximum Gasteiger partial charge on any atom is 0.407 e. The van der Waals surface area contributed by atoms with Crippen LogP contribution >= 0.6 is 0 Å². The highest BCUT2D eigenvalue weighted by Gasteiger charge is 2.29. The second-order valence-electron chi connectivity index (χ2n) is 8.11. The fourth-order valence-corrected chi connectivity index (χ4v) is 3.98. The number of hydrogen-bond acceptors (Lipinski definition) is 6. The van der Waals surface area contributed by atoms with Crippen LogP contribution in [0.4, 0.5) is 4.79 Å². The van der Waals surface area contributed by atoms with Gasteiger partial charge in [-0.05, 0) is 31.7 Å². The van der Waals surface area contributed by atoms with E-state index in [-0.39, 0.29) is 6.54 Å². The molecule has 32 heavy (non-hydrogen) atoms. The standard InChI is InChI=1S/C22H34N4O6/c1-17-5-7-18(8-6-17)3-2-4-19(26(15-20(27)28)16-21(29)30)24-11-9-23-10-12-25(14-13-24)22(31)32/h5-8,19,23H,2-4,9-16H2,1H3,(H,27,28)(H,29,30)(H,31,32). The molecule has 1 aromatic rings. The molecule has 0 aromatic heterocycles. The van der Waals surface area contributed by atoms with Gasteiger partial charge in [0.2, 0.25) is 0 Å². The Hall–Kier alpha value is -2.69. The number of rotatable bonds is 10. The number of benzene rings is 1. The molecule has 0 spiro atoms. The number of aliphatic carboxylic acids is 2. The van der Waals surface area contributed by atoms with Gasteiger partial charge in [-0.25, -0.2) is 4.79 Å². The molecule has 1 unspecified atom stereocenters. The zero-order valence-corrected chi connectivity index (χ0v) is 18.6. The van der Waals surface area contributed by atoms with E-state index in [4.69, 9.17) is 0 Å². The van der Waals surface area contributed by atoms with Gasteiger partial charge in [-0.1, -0.05) is 29.8 Å². The molecule has 1 aliphatic heterocycles. The first kappa shape index (κ1) is 25.6. The molecule has 1 amide bonds. The minimum absolute atomic E-state index is 0.277. The van der Waals surface area contributed by atoms with Crippen molar-refractivity contribution in [2.75, 3.05) is 52.4 Å². The summed E-state index contributed by atoms with van der Waals surface area (Å²) in [6.45, 7) is 3.99. The van der Waals surface area contributed by atoms with Gasteiger partial charge in [0.25, 0.3) is 0 Å². The van der Waals surface area contributed by atoms with Crippen LogP contribution in [0.5, 0.6) is 0 Å². The van der Waals surface area contributed by atoms with Crippen LogP contribution < -0.4 is 5.32 Å². The lowest BCUT2D eigenvalue weighted by Crippen LogP contribution is -2.54. The van der Waals surface area contributed by atoms with Crippen molar-refractivity contribution in [3.8, 4) is 0 Å². The number of aryl methyl sites for hydroxylation is 2. The molecule has 10 heteroatoms. The van der Waals surface area contributed by atoms with E-state index in [0.29, 0.717) is 39.1 Å². The molecule has 1 saturated heterocycles. The van der Waals surface area contributed by atoms with Gasteiger partial charge < -0.3 is 25.5 Å². The summed E-state index contributed by atoms with van der Waals surface area (Å²) in [6, 6.07) is 8.21. The summed E-state index contributed by atoms with van der Waals surface area (Å²) in [5.74, 6) is -2.19. The lowest BCUT2D eigenvalue weighted by atomic mass is 10.0. The van der Waals surface area contributed by atoms with Crippen molar-refractivity contribution >= 4 is 18.0 Å². The van der Waals surface area contributed by atoms with Gasteiger partial charge in [-0.2, -0.15) is 0 Å². The molecule has 2 rings (SSSR count). The molecular formula is C22H34N4O6. The Bertz CT molecular complexity index is 741. The largest absolute Gasteiger partial charge is 0.480 e. The molecule has 4 N–H and O–H groups in total. The van der Waals surface area contributed by atoms with Gasteiger partial charge in [-0.15, -0.1) is 0 Å². The summed E-state index contributed by atoms with van der Waals surface area (Å²) in [5.41, 5.74) is 2.34. The van der Waals surface area contributed by atoms with Gasteiger partial charge in [0.1, 0.15) is 0 Å². The molecule has 1 heterocycles. The molecule has 1 aliphatic rings. The van der Waals surface area contributed by atoms with Crippen molar-refractivity contribution in [3.63, 3.8) is 0 Å². The van der Waals surface area contributed by atoms with Crippen molar-refractivity contribution in [3.05, 3.63) is 35.4 Å². The maximum absolute atomic E-state index is 11.5. The maximum atomic E-state index is 11.5. The number of amides is 1. The second kappa shape index (κ2) is 13.0. The minimum Gasteiger partial charge on any atom is -0.480 e. The molecule has 10 nitrogen and oxygen atoms in total. The molecule has 0 aliphatic carbocycles. The summed E-state index contributed by atoms with van der Waals surface area (Å²) in [7, 11) is 0. The average molecular weight is 451 g/mol. The zero-order chi connectivity index (χ0) is 23.5. The monoisotopic (exact) mass is 450 g/mol. The topological polar surface area (TPSA) is 134 Å². The van der Waals surface area contributed by atoms with Crippen LogP contribution in [0, 0.1) is 6.92 Å². The zero-order valence-electron chi connectivity index (χ0n) is 18.6. The number of nitrogens with zero attached hydrogens (tertiary/aromatic N) is 3. The normalized spacial score (nSPS) is 16.8. The van der Waals surface area contributed by atoms with E-state index in [1.165, 1.54) is 20.9 Å². The Kier molecular flexibility index (Phi) is 10.4. The number of carboxylic acids is 2. The third kappa shape index (κ3) is 8.81. The van der Waals surface area contributed by atoms with E-state index in [9.17, 15) is 29.7 Å². The Labute approximate surface area is 188 Å². The van der Waals surface area contributed by atoms with E-state index >= 15 is 0 Å². The van der Waals surface area contributed by atoms with Gasteiger partial charge in [-0.3, -0.25) is 19.4 Å². The molecule has 0 bridgehead atoms. The molecule has 1 atom stereocenters. The quantitative estimate of drug-likeness (QED) is 0.412. The first-order valence-electron chi connectivity index (χ1n) is 10.9. The van der Waals surface area contributed by atoms with Crippen molar-refractivity contribution in [2.24, 2.45) is 0 Å². The minimum atomic E-state index is -1.09. The van der Waals surface area contributed by atoms with Crippen LogP contribution in [-0.4, -0.2) is 107 Å². The second-order valence-corrected chi connectivity index (χ2v) is 8.11. The van der Waals surface area contributed by atoms with E-state index in [2.05, 4.69) is 17.4 Å². The Morgan fingerprint density at radius 3 is 2.19 bits per heavy atom. The molecule has 1 aromatic carbocycles. The van der Waals surface area contributed by atoms with Crippen LogP contribution in [0.15, 0.2) is 24.3 Å². The van der Waals surface area contributed by atoms with E-state index in [1.807, 2.05) is 24.0 Å². The predicted octanol–water partition coefficient (Wildman–Crippen LogP) is 1.00. The highest BCUT2D eigenvalue weighted by Crippen LogP contribution is 2.16. The highest BCUT2D eigenvalue weighted by molar-refractivity contribution is 5.72. The summed E-state index contributed by atoms with van der Waals surface area (Å²) >= 11 is 0. The van der Waals surface area contributed by atoms with Crippen LogP contribution in [-0.2, 0) is 16.0 Å². The van der Waals surface area contributed by atoms with E-state index < -0.39 is 37.3 Å². The number of carbonyl (C=O) groups is 3. The van der Waals surface area contributed by atoms with Crippen LogP contribution in [0.25, 0.3) is 0 Å². The Balaban J connectivity index is 2.18. The van der Waals surface area contributed by atoms with Crippen molar-refractivity contribution in [2.45, 2.75) is 32.4 Å². The number of nitrogens with one attached hydrogen (secondary N) is 1. The van der Waals surface area contributed by atoms with Gasteiger partial charge in [0.05, 0.1) is 19.3 Å². The third-order valence-corrected chi connectivity index (χ3v) is 5.63. The van der Waals surface area contributed by atoms with Crippen molar-refractivity contribution < 1.29 is 29.7 Å². The van der Waals surface area contributed by atoms with Gasteiger partial charge in [0.15, 0.2) is 0 Å². The van der Waals surface area contributed by atoms with Gasteiger partial charge in [0, 0.05) is 39.3 Å². The summed E-state index contributed by atoms with van der Waals surface area (Å²) < 4.78 is 0. The van der Waals surface area contributed by atoms with Crippen LogP contribution in [0.3, 0.4) is 0 Å². The molecular weight excluding hydrogens is 416 g/mol. The molecule has 178 valence electrons. The van der Waals surface area contributed by atoms with Gasteiger partial charge >= 0.3 is 18.0 Å². The number of carboxylic acid groups (broad SMARTS) is 3.